The van der Waals surface area contributed by atoms with Crippen molar-refractivity contribution >= 4 is 29.8 Å². The number of hydrogen-bond donors (Lipinski definition) is 0. The molecule has 0 aromatic heterocycles. The van der Waals surface area contributed by atoms with Gasteiger partial charge in [0.1, 0.15) is 11.9 Å². The van der Waals surface area contributed by atoms with Crippen molar-refractivity contribution in [2.24, 2.45) is 5.10 Å². The van der Waals surface area contributed by atoms with E-state index in [1.165, 1.54) is 20.5 Å². The van der Waals surface area contributed by atoms with Gasteiger partial charge in [-0.25, -0.2) is 9.80 Å². The van der Waals surface area contributed by atoms with E-state index < -0.39 is 5.97 Å². The van der Waals surface area contributed by atoms with Crippen LogP contribution in [-0.4, -0.2) is 37.0 Å². The zero-order valence-electron chi connectivity index (χ0n) is 14.0. The van der Waals surface area contributed by atoms with Crippen LogP contribution < -0.4 is 4.90 Å². The second-order valence-corrected chi connectivity index (χ2v) is 6.45. The summed E-state index contributed by atoms with van der Waals surface area (Å²) in [6, 6.07) is 8.14. The van der Waals surface area contributed by atoms with Crippen LogP contribution in [0, 0.1) is 6.92 Å². The number of thioether (sulfide) groups is 1. The van der Waals surface area contributed by atoms with E-state index in [0.717, 1.165) is 21.9 Å². The molecular weight excluding hydrogens is 326 g/mol. The number of hydrazone groups is 1. The third-order valence-corrected chi connectivity index (χ3v) is 5.31. The van der Waals surface area contributed by atoms with Gasteiger partial charge in [0, 0.05) is 10.6 Å². The lowest BCUT2D eigenvalue weighted by Crippen LogP contribution is -2.33. The quantitative estimate of drug-likeness (QED) is 0.475. The highest BCUT2D eigenvalue weighted by molar-refractivity contribution is 8.04. The topological polar surface area (TPSA) is 54.4 Å². The number of methoxy groups -OCH3 is 2. The van der Waals surface area contributed by atoms with E-state index in [-0.39, 0.29) is 5.50 Å². The molecule has 0 N–H and O–H groups in total. The van der Waals surface area contributed by atoms with Gasteiger partial charge in [-0.1, -0.05) is 30.0 Å². The summed E-state index contributed by atoms with van der Waals surface area (Å²) >= 11 is 1.55. The molecule has 1 atom stereocenters. The number of allylic oxidation sites excluding steroid dienone is 1. The number of ether oxygens (including phenoxy) is 2. The molecule has 0 radical (unpaired) electrons. The Morgan fingerprint density at radius 1 is 1.29 bits per heavy atom. The fraction of sp³-hybridized carbons (Fsp3) is 0.294. The highest BCUT2D eigenvalue weighted by atomic mass is 32.2. The van der Waals surface area contributed by atoms with E-state index in [4.69, 9.17) is 9.47 Å². The number of hydrogen-bond acceptors (Lipinski definition) is 7. The fourth-order valence-corrected chi connectivity index (χ4v) is 4.04. The molecule has 2 heterocycles. The van der Waals surface area contributed by atoms with Gasteiger partial charge in [0.15, 0.2) is 5.50 Å². The average molecular weight is 345 g/mol. The van der Waals surface area contributed by atoms with Gasteiger partial charge < -0.3 is 9.47 Å². The number of benzene rings is 1. The van der Waals surface area contributed by atoms with Crippen molar-refractivity contribution in [2.75, 3.05) is 19.1 Å². The first-order valence-corrected chi connectivity index (χ1v) is 8.33. The van der Waals surface area contributed by atoms with Crippen molar-refractivity contribution in [1.29, 1.82) is 0 Å². The van der Waals surface area contributed by atoms with Crippen molar-refractivity contribution < 1.29 is 14.3 Å². The van der Waals surface area contributed by atoms with Crippen LogP contribution in [0.1, 0.15) is 12.5 Å². The maximum Gasteiger partial charge on any atom is 0.342 e. The zero-order valence-corrected chi connectivity index (χ0v) is 14.8. The van der Waals surface area contributed by atoms with Gasteiger partial charge >= 0.3 is 5.97 Å². The Morgan fingerprint density at radius 2 is 2.04 bits per heavy atom. The molecule has 1 unspecified atom stereocenters. The van der Waals surface area contributed by atoms with Crippen LogP contribution in [-0.2, 0) is 14.3 Å². The minimum atomic E-state index is -0.425. The molecule has 6 nitrogen and oxygen atoms in total. The molecule has 24 heavy (non-hydrogen) atoms. The molecule has 0 amide bonds. The van der Waals surface area contributed by atoms with Crippen molar-refractivity contribution in [3.05, 3.63) is 52.3 Å². The van der Waals surface area contributed by atoms with E-state index >= 15 is 0 Å². The zero-order chi connectivity index (χ0) is 17.3. The Kier molecular flexibility index (Phi) is 4.53. The Bertz CT molecular complexity index is 757. The number of nitrogens with zero attached hydrogens (tertiary/aromatic N) is 3. The molecular formula is C17H19N3O3S. The van der Waals surface area contributed by atoms with E-state index in [2.05, 4.69) is 29.1 Å². The Balaban J connectivity index is 1.93. The lowest BCUT2D eigenvalue weighted by Gasteiger charge is -2.25. The van der Waals surface area contributed by atoms with E-state index in [0.29, 0.717) is 5.57 Å². The number of esters is 1. The van der Waals surface area contributed by atoms with Gasteiger partial charge in [0.05, 0.1) is 26.2 Å². The molecule has 0 spiro atoms. The van der Waals surface area contributed by atoms with Crippen molar-refractivity contribution in [1.82, 2.24) is 5.01 Å². The summed E-state index contributed by atoms with van der Waals surface area (Å²) in [4.78, 5) is 15.0. The molecule has 3 rings (SSSR count). The lowest BCUT2D eigenvalue weighted by atomic mass is 10.2. The summed E-state index contributed by atoms with van der Waals surface area (Å²) in [6.45, 7) is 4.00. The maximum atomic E-state index is 12.1. The summed E-state index contributed by atoms with van der Waals surface area (Å²) in [6.07, 6.45) is 3.24. The van der Waals surface area contributed by atoms with Gasteiger partial charge in [0.25, 0.3) is 0 Å². The molecule has 0 bridgehead atoms. The summed E-state index contributed by atoms with van der Waals surface area (Å²) < 4.78 is 9.93. The van der Waals surface area contributed by atoms with Crippen LogP contribution >= 0.6 is 11.8 Å². The SMILES string of the molecule is CO/C=C(/C(=O)OC)C1=C(C)N2N=CN(c3ccccc3C)C2S1. The second-order valence-electron chi connectivity index (χ2n) is 5.39. The molecule has 2 aliphatic heterocycles. The number of anilines is 1. The standard InChI is InChI=1S/C17H19N3O3S/c1-11-7-5-6-8-14(11)19-10-18-20-12(2)15(24-17(19)20)13(9-22-3)16(21)23-4/h5-10,17H,1-4H3/b13-9+. The molecule has 2 aliphatic rings. The summed E-state index contributed by atoms with van der Waals surface area (Å²) in [5, 5.41) is 6.39. The van der Waals surface area contributed by atoms with Crippen LogP contribution in [0.25, 0.3) is 0 Å². The predicted octanol–water partition coefficient (Wildman–Crippen LogP) is 3.03. The molecule has 1 aromatic carbocycles. The van der Waals surface area contributed by atoms with E-state index in [1.54, 1.807) is 11.8 Å². The number of carbonyl (C=O) groups excluding carboxylic acids is 1. The maximum absolute atomic E-state index is 12.1. The van der Waals surface area contributed by atoms with E-state index in [9.17, 15) is 4.79 Å². The molecule has 0 aliphatic carbocycles. The van der Waals surface area contributed by atoms with Gasteiger partial charge in [0.2, 0.25) is 0 Å². The Morgan fingerprint density at radius 3 is 2.71 bits per heavy atom. The third kappa shape index (κ3) is 2.65. The molecule has 1 aromatic rings. The normalized spacial score (nSPS) is 19.8. The third-order valence-electron chi connectivity index (χ3n) is 3.92. The Labute approximate surface area is 145 Å². The number of fused-ring (bicyclic) bond motifs is 1. The highest BCUT2D eigenvalue weighted by Gasteiger charge is 2.41. The van der Waals surface area contributed by atoms with Crippen molar-refractivity contribution in [3.8, 4) is 0 Å². The fourth-order valence-electron chi connectivity index (χ4n) is 2.71. The first-order chi connectivity index (χ1) is 11.6. The van der Waals surface area contributed by atoms with Crippen LogP contribution in [0.5, 0.6) is 0 Å². The smallest absolute Gasteiger partial charge is 0.342 e. The van der Waals surface area contributed by atoms with Crippen molar-refractivity contribution in [2.45, 2.75) is 19.3 Å². The molecule has 126 valence electrons. The molecule has 7 heteroatoms. The largest absolute Gasteiger partial charge is 0.503 e. The Hall–Kier alpha value is -2.41. The molecule has 0 fully saturated rings. The number of carbonyl (C=O) groups is 1. The van der Waals surface area contributed by atoms with Crippen LogP contribution in [0.4, 0.5) is 5.69 Å². The summed E-state index contributed by atoms with van der Waals surface area (Å²) in [5.41, 5.74) is 3.48. The van der Waals surface area contributed by atoms with Gasteiger partial charge in [-0.3, -0.25) is 4.90 Å². The first-order valence-electron chi connectivity index (χ1n) is 7.45. The van der Waals surface area contributed by atoms with E-state index in [1.807, 2.05) is 30.4 Å². The van der Waals surface area contributed by atoms with Gasteiger partial charge in [-0.05, 0) is 25.5 Å². The summed E-state index contributed by atoms with van der Waals surface area (Å²) in [5.74, 6) is -0.425. The van der Waals surface area contributed by atoms with Gasteiger partial charge in [-0.15, -0.1) is 0 Å². The van der Waals surface area contributed by atoms with Crippen molar-refractivity contribution in [3.63, 3.8) is 0 Å². The van der Waals surface area contributed by atoms with Gasteiger partial charge in [-0.2, -0.15) is 5.10 Å². The monoisotopic (exact) mass is 345 g/mol. The second kappa shape index (κ2) is 6.60. The molecule has 0 saturated heterocycles. The minimum Gasteiger partial charge on any atom is -0.503 e. The van der Waals surface area contributed by atoms with Crippen LogP contribution in [0.3, 0.4) is 0 Å². The number of rotatable bonds is 4. The molecule has 0 saturated carbocycles. The van der Waals surface area contributed by atoms with Crippen LogP contribution in [0.15, 0.2) is 51.8 Å². The van der Waals surface area contributed by atoms with Crippen LogP contribution in [0.2, 0.25) is 0 Å². The highest BCUT2D eigenvalue weighted by Crippen LogP contribution is 2.46. The average Bonchev–Trinajstić information content (AvgIpc) is 3.13. The lowest BCUT2D eigenvalue weighted by molar-refractivity contribution is -0.135. The summed E-state index contributed by atoms with van der Waals surface area (Å²) in [7, 11) is 2.87. The first kappa shape index (κ1) is 16.4. The minimum absolute atomic E-state index is 0.0639. The number of aryl methyl sites for hydroxylation is 1. The predicted molar refractivity (Wildman–Crippen MR) is 95.2 cm³/mol. The number of para-hydroxylation sites is 1.